The Hall–Kier alpha value is -3.09. The van der Waals surface area contributed by atoms with Gasteiger partial charge in [-0.1, -0.05) is 6.07 Å². The molecular formula is C21H23FN2O4. The summed E-state index contributed by atoms with van der Waals surface area (Å²) in [5.74, 6) is -0.463. The number of benzene rings is 2. The van der Waals surface area contributed by atoms with Gasteiger partial charge in [-0.05, 0) is 55.3 Å². The first-order valence-corrected chi connectivity index (χ1v) is 9.18. The molecule has 0 aliphatic carbocycles. The number of carbonyl (C=O) groups excluding carboxylic acids is 2. The van der Waals surface area contributed by atoms with E-state index in [0.717, 1.165) is 5.56 Å². The van der Waals surface area contributed by atoms with Crippen LogP contribution in [0.15, 0.2) is 42.5 Å². The van der Waals surface area contributed by atoms with Gasteiger partial charge in [0.15, 0.2) is 11.5 Å². The van der Waals surface area contributed by atoms with E-state index >= 15 is 0 Å². The van der Waals surface area contributed by atoms with E-state index in [1.165, 1.54) is 17.0 Å². The third kappa shape index (κ3) is 4.24. The minimum atomic E-state index is -0.741. The van der Waals surface area contributed by atoms with E-state index in [2.05, 4.69) is 5.32 Å². The van der Waals surface area contributed by atoms with Gasteiger partial charge >= 0.3 is 0 Å². The molecule has 28 heavy (non-hydrogen) atoms. The van der Waals surface area contributed by atoms with Gasteiger partial charge in [-0.15, -0.1) is 0 Å². The first kappa shape index (κ1) is 19.7. The number of nitrogens with zero attached hydrogens (tertiary/aromatic N) is 1. The summed E-state index contributed by atoms with van der Waals surface area (Å²) in [5, 5.41) is 2.81. The van der Waals surface area contributed by atoms with E-state index in [0.29, 0.717) is 36.8 Å². The summed E-state index contributed by atoms with van der Waals surface area (Å²) in [6.07, 6.45) is 0.425. The van der Waals surface area contributed by atoms with Crippen LogP contribution in [0.5, 0.6) is 11.5 Å². The van der Waals surface area contributed by atoms with Crippen LogP contribution in [0, 0.1) is 11.7 Å². The second kappa shape index (κ2) is 8.73. The molecule has 1 heterocycles. The Balaban J connectivity index is 1.61. The average Bonchev–Trinajstić information content (AvgIpc) is 3.09. The predicted molar refractivity (Wildman–Crippen MR) is 103 cm³/mol. The highest BCUT2D eigenvalue weighted by Crippen LogP contribution is 2.28. The molecule has 0 saturated carbocycles. The number of ether oxygens (including phenoxy) is 2. The molecule has 0 radical (unpaired) electrons. The highest BCUT2D eigenvalue weighted by atomic mass is 19.1. The molecule has 0 spiro atoms. The minimum absolute atomic E-state index is 0.270. The van der Waals surface area contributed by atoms with Crippen molar-refractivity contribution in [2.75, 3.05) is 25.2 Å². The SMILES string of the molecule is CCOc1ccc(CNC(=O)[C@@H]2CCN(c3ccc(F)cc3)C2=O)cc1OC. The van der Waals surface area contributed by atoms with Gasteiger partial charge in [0.2, 0.25) is 11.8 Å². The van der Waals surface area contributed by atoms with Crippen molar-refractivity contribution in [3.8, 4) is 11.5 Å². The number of anilines is 1. The molecule has 148 valence electrons. The van der Waals surface area contributed by atoms with Crippen LogP contribution in [0.3, 0.4) is 0 Å². The molecule has 0 aromatic heterocycles. The van der Waals surface area contributed by atoms with Gasteiger partial charge in [-0.25, -0.2) is 4.39 Å². The Morgan fingerprint density at radius 1 is 1.21 bits per heavy atom. The van der Waals surface area contributed by atoms with Crippen LogP contribution in [0.2, 0.25) is 0 Å². The summed E-state index contributed by atoms with van der Waals surface area (Å²) in [7, 11) is 1.56. The van der Waals surface area contributed by atoms with Crippen molar-refractivity contribution < 1.29 is 23.5 Å². The van der Waals surface area contributed by atoms with Gasteiger partial charge in [-0.2, -0.15) is 0 Å². The van der Waals surface area contributed by atoms with Crippen molar-refractivity contribution in [2.24, 2.45) is 5.92 Å². The summed E-state index contributed by atoms with van der Waals surface area (Å²) in [6.45, 7) is 3.13. The molecule has 1 aliphatic rings. The Kier molecular flexibility index (Phi) is 6.13. The van der Waals surface area contributed by atoms with Crippen molar-refractivity contribution in [3.63, 3.8) is 0 Å². The molecule has 3 rings (SSSR count). The van der Waals surface area contributed by atoms with E-state index in [-0.39, 0.29) is 24.2 Å². The maximum atomic E-state index is 13.1. The zero-order chi connectivity index (χ0) is 20.1. The van der Waals surface area contributed by atoms with Crippen LogP contribution < -0.4 is 19.7 Å². The van der Waals surface area contributed by atoms with Gasteiger partial charge in [0.25, 0.3) is 0 Å². The fraction of sp³-hybridized carbons (Fsp3) is 0.333. The van der Waals surface area contributed by atoms with Crippen molar-refractivity contribution in [3.05, 3.63) is 53.8 Å². The Morgan fingerprint density at radius 2 is 1.96 bits per heavy atom. The summed E-state index contributed by atoms with van der Waals surface area (Å²) in [6, 6.07) is 11.1. The molecule has 2 aromatic rings. The maximum Gasteiger partial charge on any atom is 0.239 e. The summed E-state index contributed by atoms with van der Waals surface area (Å²) in [5.41, 5.74) is 1.44. The van der Waals surface area contributed by atoms with Crippen molar-refractivity contribution in [1.29, 1.82) is 0 Å². The summed E-state index contributed by atoms with van der Waals surface area (Å²) >= 11 is 0. The van der Waals surface area contributed by atoms with Crippen LogP contribution in [-0.4, -0.2) is 32.1 Å². The van der Waals surface area contributed by atoms with Gasteiger partial charge in [0.1, 0.15) is 11.7 Å². The third-order valence-electron chi connectivity index (χ3n) is 4.65. The van der Waals surface area contributed by atoms with Crippen LogP contribution in [0.4, 0.5) is 10.1 Å². The largest absolute Gasteiger partial charge is 0.493 e. The predicted octanol–water partition coefficient (Wildman–Crippen LogP) is 2.90. The Labute approximate surface area is 163 Å². The molecule has 6 nitrogen and oxygen atoms in total. The zero-order valence-electron chi connectivity index (χ0n) is 15.9. The Morgan fingerprint density at radius 3 is 2.64 bits per heavy atom. The second-order valence-electron chi connectivity index (χ2n) is 6.44. The number of amides is 2. The number of methoxy groups -OCH3 is 1. The quantitative estimate of drug-likeness (QED) is 0.743. The zero-order valence-corrected chi connectivity index (χ0v) is 15.9. The first-order valence-electron chi connectivity index (χ1n) is 9.18. The van der Waals surface area contributed by atoms with Crippen LogP contribution in [0.25, 0.3) is 0 Å². The highest BCUT2D eigenvalue weighted by Gasteiger charge is 2.37. The number of hydrogen-bond donors (Lipinski definition) is 1. The molecule has 1 saturated heterocycles. The number of carbonyl (C=O) groups is 2. The van der Waals surface area contributed by atoms with E-state index in [9.17, 15) is 14.0 Å². The second-order valence-corrected chi connectivity index (χ2v) is 6.44. The van der Waals surface area contributed by atoms with Crippen molar-refractivity contribution >= 4 is 17.5 Å². The van der Waals surface area contributed by atoms with Gasteiger partial charge in [0.05, 0.1) is 13.7 Å². The van der Waals surface area contributed by atoms with Crippen LogP contribution in [-0.2, 0) is 16.1 Å². The molecule has 0 unspecified atom stereocenters. The molecule has 2 amide bonds. The number of halogens is 1. The number of nitrogens with one attached hydrogen (secondary N) is 1. The third-order valence-corrected chi connectivity index (χ3v) is 4.65. The molecule has 0 bridgehead atoms. The lowest BCUT2D eigenvalue weighted by atomic mass is 10.1. The molecule has 1 N–H and O–H groups in total. The highest BCUT2D eigenvalue weighted by molar-refractivity contribution is 6.09. The standard InChI is InChI=1S/C21H23FN2O4/c1-3-28-18-9-4-14(12-19(18)27-2)13-23-20(25)17-10-11-24(21(17)26)16-7-5-15(22)6-8-16/h4-9,12,17H,3,10-11,13H2,1-2H3,(H,23,25)/t17-/m0/s1. The van der Waals surface area contributed by atoms with E-state index in [1.54, 1.807) is 31.4 Å². The number of rotatable bonds is 7. The molecule has 7 heteroatoms. The normalized spacial score (nSPS) is 16.2. The summed E-state index contributed by atoms with van der Waals surface area (Å²) in [4.78, 5) is 26.6. The van der Waals surface area contributed by atoms with E-state index in [4.69, 9.17) is 9.47 Å². The van der Waals surface area contributed by atoms with Crippen molar-refractivity contribution in [2.45, 2.75) is 19.9 Å². The lowest BCUT2D eigenvalue weighted by Crippen LogP contribution is -2.36. The lowest BCUT2D eigenvalue weighted by molar-refractivity contribution is -0.132. The average molecular weight is 386 g/mol. The molecule has 1 aliphatic heterocycles. The maximum absolute atomic E-state index is 13.1. The van der Waals surface area contributed by atoms with Crippen LogP contribution >= 0.6 is 0 Å². The Bertz CT molecular complexity index is 854. The monoisotopic (exact) mass is 386 g/mol. The lowest BCUT2D eigenvalue weighted by Gasteiger charge is -2.17. The van der Waals surface area contributed by atoms with Gasteiger partial charge in [-0.3, -0.25) is 9.59 Å². The fourth-order valence-electron chi connectivity index (χ4n) is 3.21. The molecule has 1 atom stereocenters. The van der Waals surface area contributed by atoms with Crippen molar-refractivity contribution in [1.82, 2.24) is 5.32 Å². The van der Waals surface area contributed by atoms with E-state index < -0.39 is 5.92 Å². The minimum Gasteiger partial charge on any atom is -0.493 e. The molecular weight excluding hydrogens is 363 g/mol. The first-order chi connectivity index (χ1) is 13.5. The molecule has 1 fully saturated rings. The summed E-state index contributed by atoms with van der Waals surface area (Å²) < 4.78 is 23.9. The topological polar surface area (TPSA) is 67.9 Å². The van der Waals surface area contributed by atoms with E-state index in [1.807, 2.05) is 13.0 Å². The van der Waals surface area contributed by atoms with Gasteiger partial charge < -0.3 is 19.7 Å². The fourth-order valence-corrected chi connectivity index (χ4v) is 3.21. The van der Waals surface area contributed by atoms with Gasteiger partial charge in [0, 0.05) is 18.8 Å². The smallest absolute Gasteiger partial charge is 0.239 e. The van der Waals surface area contributed by atoms with Crippen LogP contribution in [0.1, 0.15) is 18.9 Å². The molecule has 2 aromatic carbocycles. The number of hydrogen-bond acceptors (Lipinski definition) is 4.